The fourth-order valence-electron chi connectivity index (χ4n) is 3.28. The molecule has 1 aromatic carbocycles. The van der Waals surface area contributed by atoms with E-state index in [1.54, 1.807) is 18.3 Å². The predicted octanol–water partition coefficient (Wildman–Crippen LogP) is 2.81. The standard InChI is InChI=1S/C20H24N4O/c21-13-18-7-4-10-22-20(18)23-14-16-8-11-24(12-9-16)15-19(25)17-5-2-1-3-6-17/h1-7,10,16,19,25H,8-9,11-12,14-15H2,(H,22,23)/t19-/m1/s1. The minimum absolute atomic E-state index is 0.428. The number of anilines is 1. The van der Waals surface area contributed by atoms with Crippen molar-refractivity contribution in [2.75, 3.05) is 31.5 Å². The number of benzene rings is 1. The Kier molecular flexibility index (Phi) is 5.99. The van der Waals surface area contributed by atoms with E-state index in [9.17, 15) is 5.11 Å². The van der Waals surface area contributed by atoms with Crippen LogP contribution in [0, 0.1) is 17.2 Å². The summed E-state index contributed by atoms with van der Waals surface area (Å²) in [6.45, 7) is 3.50. The monoisotopic (exact) mass is 336 g/mol. The molecule has 0 aliphatic carbocycles. The number of hydrogen-bond donors (Lipinski definition) is 2. The van der Waals surface area contributed by atoms with Crippen molar-refractivity contribution in [2.45, 2.75) is 18.9 Å². The molecule has 1 atom stereocenters. The zero-order valence-electron chi connectivity index (χ0n) is 14.3. The van der Waals surface area contributed by atoms with Crippen molar-refractivity contribution in [1.29, 1.82) is 5.26 Å². The molecule has 0 amide bonds. The van der Waals surface area contributed by atoms with Crippen molar-refractivity contribution in [3.63, 3.8) is 0 Å². The molecule has 0 radical (unpaired) electrons. The summed E-state index contributed by atoms with van der Waals surface area (Å²) in [7, 11) is 0. The number of piperidine rings is 1. The number of pyridine rings is 1. The number of aliphatic hydroxyl groups excluding tert-OH is 1. The molecule has 1 saturated heterocycles. The molecule has 0 spiro atoms. The van der Waals surface area contributed by atoms with Crippen LogP contribution < -0.4 is 5.32 Å². The van der Waals surface area contributed by atoms with Crippen molar-refractivity contribution in [2.24, 2.45) is 5.92 Å². The van der Waals surface area contributed by atoms with Gasteiger partial charge in [-0.05, 0) is 49.5 Å². The highest BCUT2D eigenvalue weighted by Crippen LogP contribution is 2.21. The van der Waals surface area contributed by atoms with Crippen LogP contribution in [0.2, 0.25) is 0 Å². The van der Waals surface area contributed by atoms with E-state index in [4.69, 9.17) is 5.26 Å². The van der Waals surface area contributed by atoms with Crippen LogP contribution in [0.15, 0.2) is 48.7 Å². The molecule has 1 fully saturated rings. The lowest BCUT2D eigenvalue weighted by Crippen LogP contribution is -2.38. The number of likely N-dealkylation sites (tertiary alicyclic amines) is 1. The Morgan fingerprint density at radius 1 is 1.20 bits per heavy atom. The summed E-state index contributed by atoms with van der Waals surface area (Å²) < 4.78 is 0. The largest absolute Gasteiger partial charge is 0.387 e. The summed E-state index contributed by atoms with van der Waals surface area (Å²) in [5.41, 5.74) is 1.57. The number of β-amino-alcohol motifs (C(OH)–C–C–N with tert-alkyl or cyclic N) is 1. The van der Waals surface area contributed by atoms with Gasteiger partial charge >= 0.3 is 0 Å². The van der Waals surface area contributed by atoms with Gasteiger partial charge in [-0.3, -0.25) is 0 Å². The van der Waals surface area contributed by atoms with Crippen LogP contribution >= 0.6 is 0 Å². The molecule has 0 unspecified atom stereocenters. The maximum absolute atomic E-state index is 10.4. The maximum atomic E-state index is 10.4. The number of rotatable bonds is 6. The van der Waals surface area contributed by atoms with E-state index in [-0.39, 0.29) is 0 Å². The lowest BCUT2D eigenvalue weighted by Gasteiger charge is -2.33. The van der Waals surface area contributed by atoms with Crippen molar-refractivity contribution in [3.05, 3.63) is 59.8 Å². The first-order valence-corrected chi connectivity index (χ1v) is 8.80. The number of nitrogens with zero attached hydrogens (tertiary/aromatic N) is 3. The van der Waals surface area contributed by atoms with Crippen LogP contribution in [0.25, 0.3) is 0 Å². The summed E-state index contributed by atoms with van der Waals surface area (Å²) >= 11 is 0. The van der Waals surface area contributed by atoms with Gasteiger partial charge in [0.25, 0.3) is 0 Å². The molecule has 3 rings (SSSR count). The highest BCUT2D eigenvalue weighted by molar-refractivity contribution is 5.51. The zero-order valence-corrected chi connectivity index (χ0v) is 14.3. The second kappa shape index (κ2) is 8.61. The molecular weight excluding hydrogens is 312 g/mol. The van der Waals surface area contributed by atoms with Gasteiger partial charge in [-0.2, -0.15) is 5.26 Å². The minimum atomic E-state index is -0.428. The Balaban J connectivity index is 1.44. The Bertz CT molecular complexity index is 705. The molecular formula is C20H24N4O. The lowest BCUT2D eigenvalue weighted by atomic mass is 9.96. The summed E-state index contributed by atoms with van der Waals surface area (Å²) in [4.78, 5) is 6.57. The van der Waals surface area contributed by atoms with E-state index in [2.05, 4.69) is 21.3 Å². The van der Waals surface area contributed by atoms with Gasteiger partial charge < -0.3 is 15.3 Å². The zero-order chi connectivity index (χ0) is 17.5. The second-order valence-electron chi connectivity index (χ2n) is 6.56. The summed E-state index contributed by atoms with van der Waals surface area (Å²) in [5.74, 6) is 1.24. The molecule has 5 heteroatoms. The first kappa shape index (κ1) is 17.4. The second-order valence-corrected chi connectivity index (χ2v) is 6.56. The Labute approximate surface area is 148 Å². The van der Waals surface area contributed by atoms with Crippen LogP contribution in [-0.4, -0.2) is 41.2 Å². The van der Waals surface area contributed by atoms with Gasteiger partial charge in [0.05, 0.1) is 11.7 Å². The smallest absolute Gasteiger partial charge is 0.143 e. The lowest BCUT2D eigenvalue weighted by molar-refractivity contribution is 0.0909. The molecule has 1 aromatic heterocycles. The first-order valence-electron chi connectivity index (χ1n) is 8.80. The van der Waals surface area contributed by atoms with Gasteiger partial charge in [0, 0.05) is 19.3 Å². The fourth-order valence-corrected chi connectivity index (χ4v) is 3.28. The van der Waals surface area contributed by atoms with Crippen LogP contribution in [0.1, 0.15) is 30.1 Å². The highest BCUT2D eigenvalue weighted by atomic mass is 16.3. The number of nitriles is 1. The van der Waals surface area contributed by atoms with Gasteiger partial charge in [-0.25, -0.2) is 4.98 Å². The molecule has 1 aliphatic heterocycles. The van der Waals surface area contributed by atoms with Crippen molar-refractivity contribution < 1.29 is 5.11 Å². The van der Waals surface area contributed by atoms with E-state index in [0.717, 1.165) is 38.0 Å². The third-order valence-corrected chi connectivity index (χ3v) is 4.81. The third-order valence-electron chi connectivity index (χ3n) is 4.81. The molecule has 0 saturated carbocycles. The van der Waals surface area contributed by atoms with E-state index in [1.165, 1.54) is 0 Å². The number of nitrogens with one attached hydrogen (secondary N) is 1. The van der Waals surface area contributed by atoms with Crippen LogP contribution in [0.4, 0.5) is 5.82 Å². The third kappa shape index (κ3) is 4.79. The first-order chi connectivity index (χ1) is 12.3. The molecule has 130 valence electrons. The van der Waals surface area contributed by atoms with Crippen molar-refractivity contribution in [3.8, 4) is 6.07 Å². The fraction of sp³-hybridized carbons (Fsp3) is 0.400. The molecule has 2 aromatic rings. The molecule has 2 N–H and O–H groups in total. The summed E-state index contributed by atoms with van der Waals surface area (Å²) in [5, 5.41) is 22.8. The highest BCUT2D eigenvalue weighted by Gasteiger charge is 2.21. The number of aromatic nitrogens is 1. The molecule has 25 heavy (non-hydrogen) atoms. The maximum Gasteiger partial charge on any atom is 0.143 e. The molecule has 5 nitrogen and oxygen atoms in total. The molecule has 2 heterocycles. The van der Waals surface area contributed by atoms with Crippen LogP contribution in [0.3, 0.4) is 0 Å². The van der Waals surface area contributed by atoms with Crippen LogP contribution in [0.5, 0.6) is 0 Å². The minimum Gasteiger partial charge on any atom is -0.387 e. The Hall–Kier alpha value is -2.42. The van der Waals surface area contributed by atoms with Gasteiger partial charge in [0.15, 0.2) is 0 Å². The van der Waals surface area contributed by atoms with Gasteiger partial charge in [-0.15, -0.1) is 0 Å². The Morgan fingerprint density at radius 2 is 1.96 bits per heavy atom. The van der Waals surface area contributed by atoms with E-state index in [1.807, 2.05) is 30.3 Å². The summed E-state index contributed by atoms with van der Waals surface area (Å²) in [6.07, 6.45) is 3.45. The number of aliphatic hydroxyl groups is 1. The van der Waals surface area contributed by atoms with Crippen molar-refractivity contribution >= 4 is 5.82 Å². The van der Waals surface area contributed by atoms with Gasteiger partial charge in [0.2, 0.25) is 0 Å². The Morgan fingerprint density at radius 3 is 2.68 bits per heavy atom. The average Bonchev–Trinajstić information content (AvgIpc) is 2.68. The number of hydrogen-bond acceptors (Lipinski definition) is 5. The quantitative estimate of drug-likeness (QED) is 0.849. The average molecular weight is 336 g/mol. The van der Waals surface area contributed by atoms with Gasteiger partial charge in [-0.1, -0.05) is 30.3 Å². The van der Waals surface area contributed by atoms with E-state index >= 15 is 0 Å². The van der Waals surface area contributed by atoms with Crippen molar-refractivity contribution in [1.82, 2.24) is 9.88 Å². The van der Waals surface area contributed by atoms with E-state index < -0.39 is 6.10 Å². The predicted molar refractivity (Wildman–Crippen MR) is 98.0 cm³/mol. The normalized spacial score (nSPS) is 17.0. The molecule has 1 aliphatic rings. The summed E-state index contributed by atoms with van der Waals surface area (Å²) in [6, 6.07) is 15.6. The molecule has 0 bridgehead atoms. The topological polar surface area (TPSA) is 72.2 Å². The SMILES string of the molecule is N#Cc1cccnc1NCC1CCN(C[C@@H](O)c2ccccc2)CC1. The van der Waals surface area contributed by atoms with Gasteiger partial charge in [0.1, 0.15) is 11.9 Å². The van der Waals surface area contributed by atoms with Crippen LogP contribution in [-0.2, 0) is 0 Å². The van der Waals surface area contributed by atoms with E-state index in [0.29, 0.717) is 23.8 Å².